The number of pyridine rings is 1. The van der Waals surface area contributed by atoms with Crippen molar-refractivity contribution in [1.82, 2.24) is 19.9 Å². The molecular formula is C17H21N5O2. The van der Waals surface area contributed by atoms with Crippen LogP contribution >= 0.6 is 0 Å². The van der Waals surface area contributed by atoms with Crippen LogP contribution in [0.25, 0.3) is 0 Å². The fraction of sp³-hybridized carbons (Fsp3) is 0.412. The van der Waals surface area contributed by atoms with Crippen LogP contribution in [-0.2, 0) is 11.2 Å². The molecule has 3 rings (SSSR count). The number of nitrogens with one attached hydrogen (secondary N) is 1. The van der Waals surface area contributed by atoms with Crippen LogP contribution in [0.3, 0.4) is 0 Å². The van der Waals surface area contributed by atoms with Gasteiger partial charge in [-0.15, -0.1) is 0 Å². The number of nitrogens with zero attached hydrogens (tertiary/aromatic N) is 4. The number of aryl methyl sites for hydroxylation is 1. The molecule has 1 amide bonds. The van der Waals surface area contributed by atoms with E-state index >= 15 is 0 Å². The number of carbonyl (C=O) groups is 1. The molecule has 2 aromatic rings. The highest BCUT2D eigenvalue weighted by Crippen LogP contribution is 2.15. The zero-order chi connectivity index (χ0) is 16.8. The maximum Gasteiger partial charge on any atom is 0.274 e. The Morgan fingerprint density at radius 1 is 1.38 bits per heavy atom. The molecule has 7 nitrogen and oxygen atoms in total. The summed E-state index contributed by atoms with van der Waals surface area (Å²) in [6, 6.07) is 4.04. The molecule has 1 aliphatic heterocycles. The van der Waals surface area contributed by atoms with Gasteiger partial charge in [0.05, 0.1) is 18.9 Å². The fourth-order valence-electron chi connectivity index (χ4n) is 2.74. The Morgan fingerprint density at radius 3 is 3.08 bits per heavy atom. The highest BCUT2D eigenvalue weighted by atomic mass is 16.5. The number of hydrogen-bond acceptors (Lipinski definition) is 6. The lowest BCUT2D eigenvalue weighted by molar-refractivity contribution is -0.0248. The first-order chi connectivity index (χ1) is 11.8. The van der Waals surface area contributed by atoms with Gasteiger partial charge in [0.15, 0.2) is 0 Å². The second-order valence-corrected chi connectivity index (χ2v) is 5.67. The van der Waals surface area contributed by atoms with E-state index in [0.717, 1.165) is 18.7 Å². The molecule has 1 atom stereocenters. The van der Waals surface area contributed by atoms with Gasteiger partial charge in [0.2, 0.25) is 0 Å². The molecule has 126 valence electrons. The van der Waals surface area contributed by atoms with E-state index in [1.807, 2.05) is 19.2 Å². The van der Waals surface area contributed by atoms with Gasteiger partial charge in [-0.05, 0) is 30.5 Å². The maximum atomic E-state index is 12.5. The zero-order valence-electron chi connectivity index (χ0n) is 13.7. The standard InChI is InChI=1S/C17H21N5O2/c1-18-16-10-13(4-5-21-16)2-3-14-12-22(8-9-24-14)17(23)15-11-19-6-7-20-15/h4-7,10-11,14H,2-3,8-9,12H2,1H3,(H,18,21)/t14-/m0/s1. The van der Waals surface area contributed by atoms with Gasteiger partial charge in [-0.25, -0.2) is 9.97 Å². The highest BCUT2D eigenvalue weighted by Gasteiger charge is 2.25. The minimum absolute atomic E-state index is 0.0329. The van der Waals surface area contributed by atoms with Crippen molar-refractivity contribution in [3.8, 4) is 0 Å². The molecule has 1 aliphatic rings. The van der Waals surface area contributed by atoms with Gasteiger partial charge in [-0.1, -0.05) is 0 Å². The molecule has 0 saturated carbocycles. The van der Waals surface area contributed by atoms with E-state index in [0.29, 0.717) is 25.4 Å². The Hall–Kier alpha value is -2.54. The Morgan fingerprint density at radius 2 is 2.29 bits per heavy atom. The number of ether oxygens (including phenoxy) is 1. The zero-order valence-corrected chi connectivity index (χ0v) is 13.7. The van der Waals surface area contributed by atoms with Crippen LogP contribution < -0.4 is 5.32 Å². The summed E-state index contributed by atoms with van der Waals surface area (Å²) < 4.78 is 5.81. The van der Waals surface area contributed by atoms with Crippen molar-refractivity contribution in [2.45, 2.75) is 18.9 Å². The Kier molecular flexibility index (Phi) is 5.32. The van der Waals surface area contributed by atoms with Crippen LogP contribution in [0.15, 0.2) is 36.9 Å². The number of anilines is 1. The van der Waals surface area contributed by atoms with Gasteiger partial charge in [-0.2, -0.15) is 0 Å². The normalized spacial score (nSPS) is 17.5. The first-order valence-corrected chi connectivity index (χ1v) is 8.06. The first kappa shape index (κ1) is 16.3. The number of aromatic nitrogens is 3. The van der Waals surface area contributed by atoms with Gasteiger partial charge < -0.3 is 15.0 Å². The van der Waals surface area contributed by atoms with Gasteiger partial charge in [0.1, 0.15) is 11.5 Å². The molecule has 7 heteroatoms. The van der Waals surface area contributed by atoms with Crippen LogP contribution in [0.2, 0.25) is 0 Å². The second-order valence-electron chi connectivity index (χ2n) is 5.67. The van der Waals surface area contributed by atoms with Crippen LogP contribution in [0.5, 0.6) is 0 Å². The predicted octanol–water partition coefficient (Wildman–Crippen LogP) is 1.39. The largest absolute Gasteiger partial charge is 0.375 e. The monoisotopic (exact) mass is 327 g/mol. The summed E-state index contributed by atoms with van der Waals surface area (Å²) >= 11 is 0. The van der Waals surface area contributed by atoms with Gasteiger partial charge in [0.25, 0.3) is 5.91 Å². The van der Waals surface area contributed by atoms with Crippen LogP contribution in [0, 0.1) is 0 Å². The quantitative estimate of drug-likeness (QED) is 0.894. The summed E-state index contributed by atoms with van der Waals surface area (Å²) in [5, 5.41) is 3.04. The van der Waals surface area contributed by atoms with Crippen molar-refractivity contribution < 1.29 is 9.53 Å². The number of hydrogen-bond donors (Lipinski definition) is 1. The lowest BCUT2D eigenvalue weighted by Crippen LogP contribution is -2.46. The molecule has 3 heterocycles. The molecule has 24 heavy (non-hydrogen) atoms. The van der Waals surface area contributed by atoms with Crippen molar-refractivity contribution in [2.24, 2.45) is 0 Å². The molecule has 0 radical (unpaired) electrons. The van der Waals surface area contributed by atoms with Crippen LogP contribution in [0.1, 0.15) is 22.5 Å². The van der Waals surface area contributed by atoms with E-state index in [1.165, 1.54) is 18.0 Å². The average molecular weight is 327 g/mol. The molecule has 0 aromatic carbocycles. The summed E-state index contributed by atoms with van der Waals surface area (Å²) in [7, 11) is 1.85. The fourth-order valence-corrected chi connectivity index (χ4v) is 2.74. The third-order valence-corrected chi connectivity index (χ3v) is 4.04. The van der Waals surface area contributed by atoms with Gasteiger partial charge in [-0.3, -0.25) is 9.78 Å². The van der Waals surface area contributed by atoms with Crippen molar-refractivity contribution >= 4 is 11.7 Å². The highest BCUT2D eigenvalue weighted by molar-refractivity contribution is 5.92. The minimum atomic E-state index is -0.0854. The predicted molar refractivity (Wildman–Crippen MR) is 89.8 cm³/mol. The molecule has 1 fully saturated rings. The third-order valence-electron chi connectivity index (χ3n) is 4.04. The lowest BCUT2D eigenvalue weighted by atomic mass is 10.1. The SMILES string of the molecule is CNc1cc(CC[C@H]2CN(C(=O)c3cnccn3)CCO2)ccn1. The van der Waals surface area contributed by atoms with Crippen LogP contribution in [0.4, 0.5) is 5.82 Å². The Bertz CT molecular complexity index is 680. The van der Waals surface area contributed by atoms with Crippen molar-refractivity contribution in [2.75, 3.05) is 32.1 Å². The Balaban J connectivity index is 1.56. The van der Waals surface area contributed by atoms with E-state index in [9.17, 15) is 4.79 Å². The Labute approximate surface area is 141 Å². The number of amides is 1. The van der Waals surface area contributed by atoms with Gasteiger partial charge in [0, 0.05) is 38.7 Å². The van der Waals surface area contributed by atoms with Gasteiger partial charge >= 0.3 is 0 Å². The van der Waals surface area contributed by atoms with E-state index in [2.05, 4.69) is 20.3 Å². The molecule has 1 saturated heterocycles. The summed E-state index contributed by atoms with van der Waals surface area (Å²) in [6.45, 7) is 1.72. The minimum Gasteiger partial charge on any atom is -0.375 e. The maximum absolute atomic E-state index is 12.5. The van der Waals surface area contributed by atoms with Crippen LogP contribution in [-0.4, -0.2) is 58.6 Å². The van der Waals surface area contributed by atoms with E-state index in [-0.39, 0.29) is 12.0 Å². The smallest absolute Gasteiger partial charge is 0.274 e. The molecule has 0 unspecified atom stereocenters. The van der Waals surface area contributed by atoms with E-state index < -0.39 is 0 Å². The average Bonchev–Trinajstić information content (AvgIpc) is 2.67. The van der Waals surface area contributed by atoms with E-state index in [4.69, 9.17) is 4.74 Å². The molecule has 1 N–H and O–H groups in total. The number of morpholine rings is 1. The molecular weight excluding hydrogens is 306 g/mol. The topological polar surface area (TPSA) is 80.2 Å². The number of carbonyl (C=O) groups excluding carboxylic acids is 1. The summed E-state index contributed by atoms with van der Waals surface area (Å²) in [4.78, 5) is 26.5. The van der Waals surface area contributed by atoms with E-state index in [1.54, 1.807) is 17.3 Å². The summed E-state index contributed by atoms with van der Waals surface area (Å²) in [5.41, 5.74) is 1.58. The second kappa shape index (κ2) is 7.83. The summed E-state index contributed by atoms with van der Waals surface area (Å²) in [5.74, 6) is 0.772. The van der Waals surface area contributed by atoms with Crippen molar-refractivity contribution in [1.29, 1.82) is 0 Å². The molecule has 0 bridgehead atoms. The summed E-state index contributed by atoms with van der Waals surface area (Å²) in [6.07, 6.45) is 8.18. The molecule has 2 aromatic heterocycles. The molecule has 0 spiro atoms. The third kappa shape index (κ3) is 4.05. The number of rotatable bonds is 5. The first-order valence-electron chi connectivity index (χ1n) is 8.06. The molecule has 0 aliphatic carbocycles. The van der Waals surface area contributed by atoms with Crippen molar-refractivity contribution in [3.05, 3.63) is 48.2 Å². The lowest BCUT2D eigenvalue weighted by Gasteiger charge is -2.32. The van der Waals surface area contributed by atoms with Crippen molar-refractivity contribution in [3.63, 3.8) is 0 Å².